The number of nitrogens with one attached hydrogen (secondary N) is 1. The highest BCUT2D eigenvalue weighted by Crippen LogP contribution is 2.64. The lowest BCUT2D eigenvalue weighted by Gasteiger charge is -2.61. The molecule has 3 N–H and O–H groups in total. The molecular weight excluding hydrogens is 439 g/mol. The molecule has 1 spiro atoms. The van der Waals surface area contributed by atoms with Gasteiger partial charge in [0.15, 0.2) is 11.5 Å². The second kappa shape index (κ2) is 6.73. The topological polar surface area (TPSA) is 105 Å². The van der Waals surface area contributed by atoms with Crippen LogP contribution < -0.4 is 10.1 Å². The molecule has 2 heterocycles. The van der Waals surface area contributed by atoms with Gasteiger partial charge >= 0.3 is 0 Å². The molecule has 1 saturated heterocycles. The van der Waals surface area contributed by atoms with Crippen molar-refractivity contribution in [1.82, 2.24) is 10.4 Å². The van der Waals surface area contributed by atoms with Crippen LogP contribution in [0.2, 0.25) is 5.02 Å². The Morgan fingerprint density at radius 2 is 2.12 bits per heavy atom. The summed E-state index contributed by atoms with van der Waals surface area (Å²) >= 11 is 5.74. The first-order valence-corrected chi connectivity index (χ1v) is 11.1. The molecule has 2 aliphatic heterocycles. The van der Waals surface area contributed by atoms with E-state index in [1.807, 2.05) is 0 Å². The summed E-state index contributed by atoms with van der Waals surface area (Å²) in [5.74, 6) is -1.05. The molecule has 2 aliphatic carbocycles. The van der Waals surface area contributed by atoms with Crippen LogP contribution in [0, 0.1) is 16.9 Å². The van der Waals surface area contributed by atoms with Crippen molar-refractivity contribution in [3.05, 3.63) is 57.0 Å². The van der Waals surface area contributed by atoms with Crippen molar-refractivity contribution in [1.29, 1.82) is 0 Å². The van der Waals surface area contributed by atoms with Gasteiger partial charge in [-0.3, -0.25) is 4.79 Å². The molecule has 6 rings (SSSR count). The quantitative estimate of drug-likeness (QED) is 0.595. The highest BCUT2D eigenvalue weighted by atomic mass is 35.5. The maximum atomic E-state index is 13.9. The summed E-state index contributed by atoms with van der Waals surface area (Å²) in [4.78, 5) is 12.9. The maximum Gasteiger partial charge on any atom is 0.251 e. The van der Waals surface area contributed by atoms with E-state index >= 15 is 0 Å². The van der Waals surface area contributed by atoms with E-state index < -0.39 is 23.2 Å². The average molecular weight is 460 g/mol. The molecule has 2 aromatic carbocycles. The van der Waals surface area contributed by atoms with E-state index in [1.54, 1.807) is 0 Å². The van der Waals surface area contributed by atoms with Crippen LogP contribution >= 0.6 is 11.6 Å². The van der Waals surface area contributed by atoms with Gasteiger partial charge in [0.25, 0.3) is 5.91 Å². The van der Waals surface area contributed by atoms with Gasteiger partial charge < -0.3 is 30.5 Å². The molecule has 0 unspecified atom stereocenters. The third-order valence-corrected chi connectivity index (χ3v) is 8.19. The average Bonchev–Trinajstić information content (AvgIpc) is 3.09. The highest BCUT2D eigenvalue weighted by Gasteiger charge is 2.65. The van der Waals surface area contributed by atoms with Gasteiger partial charge in [-0.05, 0) is 56.3 Å². The number of carbonyl (C=O) groups is 1. The SMILES string of the molecule is O=C(N[C@@H]1CC[C@H]2[C@H]3Cc4c(O)c(O)cc5c4[C@@]2(CCN3[O-])[C@H]1O5)c1ccc(Cl)c(F)c1. The van der Waals surface area contributed by atoms with Crippen LogP contribution in [-0.4, -0.2) is 45.9 Å². The van der Waals surface area contributed by atoms with E-state index in [2.05, 4.69) is 5.32 Å². The number of halogens is 2. The molecular formula is C23H21ClFN2O5-. The molecule has 7 nitrogen and oxygen atoms in total. The number of phenolic OH excluding ortho intramolecular Hbond substituents is 2. The molecule has 168 valence electrons. The first-order valence-electron chi connectivity index (χ1n) is 10.8. The highest BCUT2D eigenvalue weighted by molar-refractivity contribution is 6.30. The number of hydroxylamine groups is 2. The minimum Gasteiger partial charge on any atom is -0.785 e. The maximum absolute atomic E-state index is 13.9. The fourth-order valence-electron chi connectivity index (χ4n) is 6.62. The van der Waals surface area contributed by atoms with E-state index in [-0.39, 0.29) is 40.1 Å². The standard InChI is InChI=1S/C23H21ClFN2O5/c24-13-3-1-10(7-14(13)25)22(30)26-15-4-2-12-16-8-11-19-18(9-17(28)20(11)29)32-21(15)23(12,19)5-6-27(16)31/h1,3,7,9,12,15-16,21,28-29H,2,4-6,8H2,(H,26,30)/q-1/t12-,15+,16+,21-,23-/m0/s1. The fraction of sp³-hybridized carbons (Fsp3) is 0.435. The lowest BCUT2D eigenvalue weighted by Crippen LogP contribution is -2.68. The van der Waals surface area contributed by atoms with Crippen LogP contribution in [0.15, 0.2) is 24.3 Å². The van der Waals surface area contributed by atoms with E-state index in [4.69, 9.17) is 16.3 Å². The number of rotatable bonds is 2. The van der Waals surface area contributed by atoms with Crippen molar-refractivity contribution < 1.29 is 24.1 Å². The zero-order valence-corrected chi connectivity index (χ0v) is 17.7. The molecule has 9 heteroatoms. The fourth-order valence-corrected chi connectivity index (χ4v) is 6.74. The zero-order chi connectivity index (χ0) is 22.4. The summed E-state index contributed by atoms with van der Waals surface area (Å²) in [7, 11) is 0. The minimum atomic E-state index is -0.667. The van der Waals surface area contributed by atoms with Gasteiger partial charge in [-0.1, -0.05) is 11.6 Å². The molecule has 1 saturated carbocycles. The van der Waals surface area contributed by atoms with Crippen molar-refractivity contribution in [2.45, 2.75) is 49.3 Å². The van der Waals surface area contributed by atoms with E-state index in [0.717, 1.165) is 16.7 Å². The largest absolute Gasteiger partial charge is 0.785 e. The van der Waals surface area contributed by atoms with Crippen molar-refractivity contribution in [3.8, 4) is 17.2 Å². The lowest BCUT2D eigenvalue weighted by atomic mass is 9.51. The Bertz CT molecular complexity index is 1160. The predicted octanol–water partition coefficient (Wildman–Crippen LogP) is 3.23. The van der Waals surface area contributed by atoms with E-state index in [9.17, 15) is 24.6 Å². The monoisotopic (exact) mass is 459 g/mol. The second-order valence-corrected chi connectivity index (χ2v) is 9.64. The predicted molar refractivity (Wildman–Crippen MR) is 113 cm³/mol. The summed E-state index contributed by atoms with van der Waals surface area (Å²) in [5.41, 5.74) is 1.06. The van der Waals surface area contributed by atoms with Gasteiger partial charge in [-0.15, -0.1) is 0 Å². The van der Waals surface area contributed by atoms with Gasteiger partial charge in [0.1, 0.15) is 17.7 Å². The van der Waals surface area contributed by atoms with Crippen LogP contribution in [0.3, 0.4) is 0 Å². The van der Waals surface area contributed by atoms with Crippen LogP contribution in [0.4, 0.5) is 4.39 Å². The van der Waals surface area contributed by atoms with Crippen molar-refractivity contribution in [2.75, 3.05) is 6.54 Å². The Kier molecular flexibility index (Phi) is 4.22. The molecule has 32 heavy (non-hydrogen) atoms. The molecule has 2 aromatic rings. The first-order chi connectivity index (χ1) is 15.3. The van der Waals surface area contributed by atoms with Gasteiger partial charge in [-0.25, -0.2) is 4.39 Å². The first kappa shape index (κ1) is 20.1. The van der Waals surface area contributed by atoms with Crippen LogP contribution in [-0.2, 0) is 11.8 Å². The number of phenols is 2. The number of ether oxygens (including phenoxy) is 1. The number of hydrogen-bond donors (Lipinski definition) is 3. The third-order valence-electron chi connectivity index (χ3n) is 7.88. The summed E-state index contributed by atoms with van der Waals surface area (Å²) in [6.07, 6.45) is 1.76. The Morgan fingerprint density at radius 3 is 2.91 bits per heavy atom. The Hall–Kier alpha value is -2.55. The van der Waals surface area contributed by atoms with Gasteiger partial charge in [0.05, 0.1) is 11.1 Å². The number of benzene rings is 2. The van der Waals surface area contributed by atoms with Gasteiger partial charge in [-0.2, -0.15) is 0 Å². The molecule has 2 bridgehead atoms. The number of piperidine rings is 1. The molecule has 0 aromatic heterocycles. The van der Waals surface area contributed by atoms with Crippen molar-refractivity contribution in [3.63, 3.8) is 0 Å². The third kappa shape index (κ3) is 2.51. The zero-order valence-electron chi connectivity index (χ0n) is 17.0. The number of nitrogens with zero attached hydrogens (tertiary/aromatic N) is 1. The summed E-state index contributed by atoms with van der Waals surface area (Å²) in [6.45, 7) is 0.338. The second-order valence-electron chi connectivity index (χ2n) is 9.23. The van der Waals surface area contributed by atoms with Gasteiger partial charge in [0.2, 0.25) is 0 Å². The normalized spacial score (nSPS) is 32.2. The Labute approximate surface area is 188 Å². The number of hydrogen-bond acceptors (Lipinski definition) is 6. The summed E-state index contributed by atoms with van der Waals surface area (Å²) in [6, 6.07) is 4.65. The molecule has 5 atom stereocenters. The number of carbonyl (C=O) groups excluding carboxylic acids is 1. The Balaban J connectivity index is 1.40. The smallest absolute Gasteiger partial charge is 0.251 e. The van der Waals surface area contributed by atoms with Crippen molar-refractivity contribution >= 4 is 17.5 Å². The molecule has 0 radical (unpaired) electrons. The number of amides is 1. The van der Waals surface area contributed by atoms with Crippen LogP contribution in [0.25, 0.3) is 0 Å². The van der Waals surface area contributed by atoms with Crippen LogP contribution in [0.5, 0.6) is 17.2 Å². The summed E-state index contributed by atoms with van der Waals surface area (Å²) < 4.78 is 20.2. The van der Waals surface area contributed by atoms with E-state index in [1.165, 1.54) is 18.2 Å². The van der Waals surface area contributed by atoms with E-state index in [0.29, 0.717) is 43.5 Å². The Morgan fingerprint density at radius 1 is 1.31 bits per heavy atom. The molecule has 1 amide bonds. The number of aromatic hydroxyl groups is 2. The minimum absolute atomic E-state index is 0.0255. The molecule has 2 fully saturated rings. The molecule has 4 aliphatic rings. The van der Waals surface area contributed by atoms with Gasteiger partial charge in [0, 0.05) is 34.2 Å². The van der Waals surface area contributed by atoms with Crippen LogP contribution in [0.1, 0.15) is 40.7 Å². The van der Waals surface area contributed by atoms with Crippen molar-refractivity contribution in [2.24, 2.45) is 5.92 Å². The summed E-state index contributed by atoms with van der Waals surface area (Å²) in [5, 5.41) is 37.6. The lowest BCUT2D eigenvalue weighted by molar-refractivity contribution is -0.0497.